The summed E-state index contributed by atoms with van der Waals surface area (Å²) in [5.74, 6) is -0.449. The number of hydrogen-bond acceptors (Lipinski definition) is 2. The molecule has 2 N–H and O–H groups in total. The van der Waals surface area contributed by atoms with Crippen LogP contribution in [0.4, 0.5) is 4.39 Å². The van der Waals surface area contributed by atoms with Gasteiger partial charge in [0, 0.05) is 23.2 Å². The van der Waals surface area contributed by atoms with Crippen molar-refractivity contribution in [3.8, 4) is 0 Å². The molecule has 0 amide bonds. The number of benzene rings is 1. The van der Waals surface area contributed by atoms with Crippen LogP contribution in [0.25, 0.3) is 0 Å². The summed E-state index contributed by atoms with van der Waals surface area (Å²) in [5.41, 5.74) is 0.191. The first kappa shape index (κ1) is 11.8. The monoisotopic (exact) mass is 243 g/mol. The van der Waals surface area contributed by atoms with Crippen molar-refractivity contribution in [3.05, 3.63) is 34.6 Å². The Hall–Kier alpha value is -0.640. The summed E-state index contributed by atoms with van der Waals surface area (Å²) in [7, 11) is 0. The van der Waals surface area contributed by atoms with E-state index in [4.69, 9.17) is 11.6 Å². The van der Waals surface area contributed by atoms with Gasteiger partial charge in [0.1, 0.15) is 5.82 Å². The average Bonchev–Trinajstić information content (AvgIpc) is 2.15. The maximum atomic E-state index is 13.4. The summed E-state index contributed by atoms with van der Waals surface area (Å²) in [4.78, 5) is 0. The van der Waals surface area contributed by atoms with Gasteiger partial charge in [-0.3, -0.25) is 0 Å². The molecule has 0 heterocycles. The van der Waals surface area contributed by atoms with Crippen LogP contribution in [0.2, 0.25) is 5.02 Å². The molecule has 1 aromatic rings. The second-order valence-electron chi connectivity index (χ2n) is 4.19. The van der Waals surface area contributed by atoms with E-state index in [1.165, 1.54) is 18.6 Å². The van der Waals surface area contributed by atoms with E-state index >= 15 is 0 Å². The first-order valence-corrected chi connectivity index (χ1v) is 5.91. The molecule has 16 heavy (non-hydrogen) atoms. The molecular formula is C12H15ClFNO. The minimum absolute atomic E-state index is 0.191. The summed E-state index contributed by atoms with van der Waals surface area (Å²) in [6.45, 7) is 0.353. The minimum atomic E-state index is -0.880. The zero-order valence-electron chi connectivity index (χ0n) is 8.92. The van der Waals surface area contributed by atoms with E-state index in [0.29, 0.717) is 12.6 Å². The Balaban J connectivity index is 1.98. The Kier molecular flexibility index (Phi) is 3.79. The van der Waals surface area contributed by atoms with Crippen LogP contribution in [-0.2, 0) is 0 Å². The number of nitrogens with one attached hydrogen (secondary N) is 1. The molecule has 1 saturated carbocycles. The molecule has 1 aliphatic carbocycles. The molecule has 0 spiro atoms. The van der Waals surface area contributed by atoms with Crippen LogP contribution >= 0.6 is 11.6 Å². The maximum Gasteiger partial charge on any atom is 0.130 e. The largest absolute Gasteiger partial charge is 0.387 e. The molecule has 0 saturated heterocycles. The van der Waals surface area contributed by atoms with Gasteiger partial charge in [0.25, 0.3) is 0 Å². The lowest BCUT2D eigenvalue weighted by molar-refractivity contribution is 0.157. The molecule has 1 atom stereocenters. The van der Waals surface area contributed by atoms with Crippen LogP contribution < -0.4 is 5.32 Å². The van der Waals surface area contributed by atoms with E-state index in [-0.39, 0.29) is 10.6 Å². The van der Waals surface area contributed by atoms with E-state index in [1.807, 2.05) is 0 Å². The van der Waals surface area contributed by atoms with Crippen molar-refractivity contribution in [3.63, 3.8) is 0 Å². The fourth-order valence-corrected chi connectivity index (χ4v) is 2.11. The lowest BCUT2D eigenvalue weighted by Gasteiger charge is -2.28. The van der Waals surface area contributed by atoms with Gasteiger partial charge >= 0.3 is 0 Å². The zero-order chi connectivity index (χ0) is 11.5. The van der Waals surface area contributed by atoms with Crippen LogP contribution in [-0.4, -0.2) is 17.7 Å². The van der Waals surface area contributed by atoms with Crippen LogP contribution in [0.1, 0.15) is 30.9 Å². The highest BCUT2D eigenvalue weighted by molar-refractivity contribution is 6.31. The second kappa shape index (κ2) is 5.13. The third kappa shape index (κ3) is 2.54. The van der Waals surface area contributed by atoms with E-state index < -0.39 is 11.9 Å². The second-order valence-corrected chi connectivity index (χ2v) is 4.59. The Bertz CT molecular complexity index is 348. The predicted molar refractivity (Wildman–Crippen MR) is 62.0 cm³/mol. The summed E-state index contributed by atoms with van der Waals surface area (Å²) < 4.78 is 13.4. The summed E-state index contributed by atoms with van der Waals surface area (Å²) >= 11 is 5.86. The van der Waals surface area contributed by atoms with Gasteiger partial charge in [-0.15, -0.1) is 0 Å². The molecule has 0 radical (unpaired) electrons. The van der Waals surface area contributed by atoms with Gasteiger partial charge in [0.15, 0.2) is 0 Å². The van der Waals surface area contributed by atoms with Crippen molar-refractivity contribution in [2.24, 2.45) is 0 Å². The Morgan fingerprint density at radius 3 is 2.81 bits per heavy atom. The highest BCUT2D eigenvalue weighted by Gasteiger charge is 2.20. The van der Waals surface area contributed by atoms with Gasteiger partial charge in [-0.25, -0.2) is 4.39 Å². The van der Waals surface area contributed by atoms with Gasteiger partial charge < -0.3 is 10.4 Å². The summed E-state index contributed by atoms with van der Waals surface area (Å²) in [6, 6.07) is 4.91. The standard InChI is InChI=1S/C12H15ClFNO/c13-9-5-2-6-10(14)12(9)11(16)7-15-8-3-1-4-8/h2,5-6,8,11,15-16H,1,3-4,7H2. The molecule has 1 aromatic carbocycles. The van der Waals surface area contributed by atoms with Gasteiger partial charge in [-0.1, -0.05) is 24.1 Å². The fraction of sp³-hybridized carbons (Fsp3) is 0.500. The minimum Gasteiger partial charge on any atom is -0.387 e. The molecule has 88 valence electrons. The number of halogens is 2. The van der Waals surface area contributed by atoms with Crippen LogP contribution in [0.15, 0.2) is 18.2 Å². The van der Waals surface area contributed by atoms with Gasteiger partial charge in [-0.05, 0) is 25.0 Å². The van der Waals surface area contributed by atoms with Crippen molar-refractivity contribution in [2.75, 3.05) is 6.54 Å². The van der Waals surface area contributed by atoms with E-state index in [9.17, 15) is 9.50 Å². The molecular weight excluding hydrogens is 229 g/mol. The van der Waals surface area contributed by atoms with Crippen molar-refractivity contribution in [1.29, 1.82) is 0 Å². The smallest absolute Gasteiger partial charge is 0.130 e. The van der Waals surface area contributed by atoms with Crippen LogP contribution in [0, 0.1) is 5.82 Å². The Morgan fingerprint density at radius 2 is 2.25 bits per heavy atom. The Labute approximate surface area is 99.4 Å². The molecule has 0 aliphatic heterocycles. The SMILES string of the molecule is OC(CNC1CCC1)c1c(F)cccc1Cl. The number of hydrogen-bond donors (Lipinski definition) is 2. The highest BCUT2D eigenvalue weighted by atomic mass is 35.5. The van der Waals surface area contributed by atoms with Gasteiger partial charge in [0.2, 0.25) is 0 Å². The van der Waals surface area contributed by atoms with Crippen molar-refractivity contribution in [1.82, 2.24) is 5.32 Å². The molecule has 1 aliphatic rings. The quantitative estimate of drug-likeness (QED) is 0.852. The molecule has 2 rings (SSSR count). The zero-order valence-corrected chi connectivity index (χ0v) is 9.67. The molecule has 4 heteroatoms. The number of aliphatic hydroxyl groups excluding tert-OH is 1. The number of aliphatic hydroxyl groups is 1. The van der Waals surface area contributed by atoms with Gasteiger partial charge in [-0.2, -0.15) is 0 Å². The molecule has 0 bridgehead atoms. The topological polar surface area (TPSA) is 32.3 Å². The first-order valence-electron chi connectivity index (χ1n) is 5.54. The van der Waals surface area contributed by atoms with E-state index in [0.717, 1.165) is 12.8 Å². The molecule has 0 aromatic heterocycles. The van der Waals surface area contributed by atoms with Crippen molar-refractivity contribution < 1.29 is 9.50 Å². The lowest BCUT2D eigenvalue weighted by Crippen LogP contribution is -2.37. The normalized spacial score (nSPS) is 18.2. The third-order valence-electron chi connectivity index (χ3n) is 3.04. The fourth-order valence-electron chi connectivity index (χ4n) is 1.82. The van der Waals surface area contributed by atoms with Crippen molar-refractivity contribution >= 4 is 11.6 Å². The van der Waals surface area contributed by atoms with E-state index in [1.54, 1.807) is 6.07 Å². The summed E-state index contributed by atoms with van der Waals surface area (Å²) in [6.07, 6.45) is 2.62. The first-order chi connectivity index (χ1) is 7.68. The van der Waals surface area contributed by atoms with E-state index in [2.05, 4.69) is 5.32 Å². The van der Waals surface area contributed by atoms with Crippen LogP contribution in [0.5, 0.6) is 0 Å². The molecule has 1 fully saturated rings. The maximum absolute atomic E-state index is 13.4. The predicted octanol–water partition coefficient (Wildman–Crippen LogP) is 2.65. The Morgan fingerprint density at radius 1 is 1.50 bits per heavy atom. The summed E-state index contributed by atoms with van der Waals surface area (Å²) in [5, 5.41) is 13.3. The molecule has 1 unspecified atom stereocenters. The van der Waals surface area contributed by atoms with Crippen molar-refractivity contribution in [2.45, 2.75) is 31.4 Å². The highest BCUT2D eigenvalue weighted by Crippen LogP contribution is 2.26. The van der Waals surface area contributed by atoms with Crippen LogP contribution in [0.3, 0.4) is 0 Å². The number of rotatable bonds is 4. The molecule has 2 nitrogen and oxygen atoms in total. The average molecular weight is 244 g/mol. The third-order valence-corrected chi connectivity index (χ3v) is 3.37. The lowest BCUT2D eigenvalue weighted by atomic mass is 9.93. The van der Waals surface area contributed by atoms with Gasteiger partial charge in [0.05, 0.1) is 6.10 Å².